The minimum atomic E-state index is -3.68. The average molecular weight is 384 g/mol. The predicted octanol–water partition coefficient (Wildman–Crippen LogP) is 3.87. The number of rotatable bonds is 8. The molecule has 0 fully saturated rings. The minimum absolute atomic E-state index is 0.236. The van der Waals surface area contributed by atoms with Crippen molar-refractivity contribution in [3.05, 3.63) is 96.6 Å². The summed E-state index contributed by atoms with van der Waals surface area (Å²) >= 11 is 0. The predicted molar refractivity (Wildman–Crippen MR) is 107 cm³/mol. The molecule has 3 aromatic rings. The Morgan fingerprint density at radius 3 is 1.74 bits per heavy atom. The monoisotopic (exact) mass is 384 g/mol. The van der Waals surface area contributed by atoms with Crippen LogP contribution in [0.4, 0.5) is 4.39 Å². The van der Waals surface area contributed by atoms with Gasteiger partial charge in [0, 0.05) is 10.6 Å². The van der Waals surface area contributed by atoms with Gasteiger partial charge in [-0.2, -0.15) is 0 Å². The Kier molecular flexibility index (Phi) is 6.57. The summed E-state index contributed by atoms with van der Waals surface area (Å²) in [5.74, 6) is -1.96. The molecule has 5 heteroatoms. The van der Waals surface area contributed by atoms with E-state index in [1.54, 1.807) is 60.7 Å². The zero-order chi connectivity index (χ0) is 19.1. The molecule has 0 saturated heterocycles. The van der Waals surface area contributed by atoms with Gasteiger partial charge in [-0.25, -0.2) is 4.39 Å². The van der Waals surface area contributed by atoms with Gasteiger partial charge in [0.1, 0.15) is 6.10 Å². The van der Waals surface area contributed by atoms with Gasteiger partial charge < -0.3 is 14.4 Å². The van der Waals surface area contributed by atoms with Gasteiger partial charge in [-0.05, 0) is 5.56 Å². The number of hydrogen-bond donors (Lipinski definition) is 1. The molecule has 2 atom stereocenters. The summed E-state index contributed by atoms with van der Waals surface area (Å²) in [7, 11) is -3.68. The Morgan fingerprint density at radius 1 is 0.815 bits per heavy atom. The van der Waals surface area contributed by atoms with Crippen LogP contribution in [-0.2, 0) is 15.9 Å². The molecule has 0 aliphatic carbocycles. The second-order valence-electron chi connectivity index (χ2n) is 6.27. The van der Waals surface area contributed by atoms with Crippen LogP contribution in [0.25, 0.3) is 0 Å². The first-order valence-corrected chi connectivity index (χ1v) is 10.5. The number of alkyl halides is 1. The number of ether oxygens (including phenoxy) is 1. The number of aliphatic hydroxyl groups excluding tert-OH is 1. The topological polar surface area (TPSA) is 46.5 Å². The van der Waals surface area contributed by atoms with Crippen LogP contribution in [0.2, 0.25) is 0 Å². The van der Waals surface area contributed by atoms with Crippen LogP contribution in [-0.4, -0.2) is 23.7 Å². The lowest BCUT2D eigenvalue weighted by Crippen LogP contribution is -2.34. The van der Waals surface area contributed by atoms with Crippen molar-refractivity contribution in [1.82, 2.24) is 0 Å². The molecule has 0 saturated carbocycles. The Morgan fingerprint density at radius 2 is 1.26 bits per heavy atom. The first kappa shape index (κ1) is 19.5. The van der Waals surface area contributed by atoms with Gasteiger partial charge in [0.25, 0.3) is 0 Å². The second-order valence-corrected chi connectivity index (χ2v) is 9.11. The fourth-order valence-corrected chi connectivity index (χ4v) is 5.59. The number of halogens is 1. The third-order valence-corrected chi connectivity index (χ3v) is 7.51. The van der Waals surface area contributed by atoms with E-state index in [-0.39, 0.29) is 13.2 Å². The smallest absolute Gasteiger partial charge is 0.188 e. The van der Waals surface area contributed by atoms with Crippen molar-refractivity contribution >= 4 is 17.8 Å². The Balaban J connectivity index is 1.79. The Bertz CT molecular complexity index is 828. The summed E-state index contributed by atoms with van der Waals surface area (Å²) in [6.07, 6.45) is -1.50. The molecule has 3 aromatic carbocycles. The molecule has 0 radical (unpaired) electrons. The summed E-state index contributed by atoms with van der Waals surface area (Å²) in [5.41, 5.74) is 0.925. The molecule has 0 aliphatic rings. The molecule has 0 unspecified atom stereocenters. The van der Waals surface area contributed by atoms with Gasteiger partial charge in [-0.3, -0.25) is 0 Å². The van der Waals surface area contributed by atoms with Crippen LogP contribution in [0.1, 0.15) is 5.56 Å². The Labute approximate surface area is 158 Å². The van der Waals surface area contributed by atoms with Crippen molar-refractivity contribution in [2.75, 3.05) is 6.61 Å². The highest BCUT2D eigenvalue weighted by molar-refractivity contribution is 7.79. The Hall–Kier alpha value is -2.26. The van der Waals surface area contributed by atoms with Crippen molar-refractivity contribution < 1.29 is 18.8 Å². The van der Waals surface area contributed by atoms with E-state index in [9.17, 15) is 9.67 Å². The second kappa shape index (κ2) is 9.09. The molecule has 3 rings (SSSR count). The highest BCUT2D eigenvalue weighted by atomic mass is 31.2. The zero-order valence-electron chi connectivity index (χ0n) is 14.8. The summed E-state index contributed by atoms with van der Waals surface area (Å²) < 4.78 is 34.6. The first-order chi connectivity index (χ1) is 13.1. The van der Waals surface area contributed by atoms with Gasteiger partial charge in [-0.15, -0.1) is 0 Å². The molecular weight excluding hydrogens is 362 g/mol. The quantitative estimate of drug-likeness (QED) is 0.600. The van der Waals surface area contributed by atoms with Crippen LogP contribution < -0.4 is 10.6 Å². The average Bonchev–Trinajstić information content (AvgIpc) is 2.74. The van der Waals surface area contributed by atoms with Crippen molar-refractivity contribution in [2.24, 2.45) is 0 Å². The number of aliphatic hydroxyl groups is 1. The SMILES string of the molecule is O=P(c1ccccc1)(c1ccccc1)[C@@H](F)[C@@H](O)COCc1ccccc1. The fourth-order valence-electron chi connectivity index (χ4n) is 2.93. The molecule has 0 amide bonds. The number of hydrogen-bond acceptors (Lipinski definition) is 3. The van der Waals surface area contributed by atoms with Gasteiger partial charge in [0.15, 0.2) is 13.1 Å². The fraction of sp³-hybridized carbons (Fsp3) is 0.182. The van der Waals surface area contributed by atoms with E-state index in [0.717, 1.165) is 5.56 Å². The van der Waals surface area contributed by atoms with Crippen LogP contribution >= 0.6 is 7.14 Å². The zero-order valence-corrected chi connectivity index (χ0v) is 15.7. The van der Waals surface area contributed by atoms with Crippen molar-refractivity contribution in [3.8, 4) is 0 Å². The van der Waals surface area contributed by atoms with E-state index >= 15 is 4.39 Å². The summed E-state index contributed by atoms with van der Waals surface area (Å²) in [4.78, 5) is 0. The lowest BCUT2D eigenvalue weighted by Gasteiger charge is -2.26. The van der Waals surface area contributed by atoms with E-state index in [0.29, 0.717) is 10.6 Å². The van der Waals surface area contributed by atoms with Crippen molar-refractivity contribution in [1.29, 1.82) is 0 Å². The molecular formula is C22H22FO3P. The van der Waals surface area contributed by atoms with E-state index < -0.39 is 19.2 Å². The summed E-state index contributed by atoms with van der Waals surface area (Å²) in [6.45, 7) is 0.0192. The standard InChI is InChI=1S/C22H22FO3P/c23-22(21(24)17-26-16-18-10-4-1-5-11-18)27(25,19-12-6-2-7-13-19)20-14-8-3-9-15-20/h1-15,21-22,24H,16-17H2/t21-,22+/m0/s1. The van der Waals surface area contributed by atoms with Crippen LogP contribution in [0, 0.1) is 0 Å². The van der Waals surface area contributed by atoms with Crippen LogP contribution in [0.5, 0.6) is 0 Å². The van der Waals surface area contributed by atoms with Crippen molar-refractivity contribution in [3.63, 3.8) is 0 Å². The van der Waals surface area contributed by atoms with Gasteiger partial charge >= 0.3 is 0 Å². The maximum absolute atomic E-state index is 15.3. The van der Waals surface area contributed by atoms with E-state index in [2.05, 4.69) is 0 Å². The molecule has 3 nitrogen and oxygen atoms in total. The molecule has 27 heavy (non-hydrogen) atoms. The molecule has 0 aromatic heterocycles. The molecule has 0 heterocycles. The lowest BCUT2D eigenvalue weighted by atomic mass is 10.2. The van der Waals surface area contributed by atoms with E-state index in [4.69, 9.17) is 4.74 Å². The van der Waals surface area contributed by atoms with Gasteiger partial charge in [-0.1, -0.05) is 91.0 Å². The summed E-state index contributed by atoms with van der Waals surface area (Å²) in [5, 5.41) is 11.1. The molecule has 140 valence electrons. The van der Waals surface area contributed by atoms with Crippen LogP contribution in [0.3, 0.4) is 0 Å². The van der Waals surface area contributed by atoms with Crippen molar-refractivity contribution in [2.45, 2.75) is 18.6 Å². The molecule has 0 spiro atoms. The maximum atomic E-state index is 15.3. The van der Waals surface area contributed by atoms with Gasteiger partial charge in [0.2, 0.25) is 0 Å². The molecule has 0 aliphatic heterocycles. The summed E-state index contributed by atoms with van der Waals surface area (Å²) in [6, 6.07) is 26.4. The highest BCUT2D eigenvalue weighted by Crippen LogP contribution is 2.50. The number of benzene rings is 3. The normalized spacial score (nSPS) is 13.9. The molecule has 1 N–H and O–H groups in total. The largest absolute Gasteiger partial charge is 0.387 e. The minimum Gasteiger partial charge on any atom is -0.387 e. The first-order valence-electron chi connectivity index (χ1n) is 8.77. The highest BCUT2D eigenvalue weighted by Gasteiger charge is 2.41. The molecule has 0 bridgehead atoms. The lowest BCUT2D eigenvalue weighted by molar-refractivity contribution is 0.00686. The third-order valence-electron chi connectivity index (χ3n) is 4.34. The third kappa shape index (κ3) is 4.54. The van der Waals surface area contributed by atoms with E-state index in [1.165, 1.54) is 0 Å². The van der Waals surface area contributed by atoms with E-state index in [1.807, 2.05) is 30.3 Å². The van der Waals surface area contributed by atoms with Gasteiger partial charge in [0.05, 0.1) is 13.2 Å². The van der Waals surface area contributed by atoms with Crippen LogP contribution in [0.15, 0.2) is 91.0 Å². The maximum Gasteiger partial charge on any atom is 0.188 e.